The zero-order chi connectivity index (χ0) is 13.2. The van der Waals surface area contributed by atoms with Gasteiger partial charge in [-0.05, 0) is 46.4 Å². The van der Waals surface area contributed by atoms with Crippen LogP contribution in [0.2, 0.25) is 0 Å². The van der Waals surface area contributed by atoms with Gasteiger partial charge in [0.25, 0.3) is 0 Å². The Morgan fingerprint density at radius 3 is 2.37 bits per heavy atom. The smallest absolute Gasteiger partial charge is 0.123 e. The van der Waals surface area contributed by atoms with E-state index in [-0.39, 0.29) is 0 Å². The minimum Gasteiger partial charge on any atom is -0.398 e. The molecule has 3 rings (SSSR count). The molecule has 5 heteroatoms. The van der Waals surface area contributed by atoms with Gasteiger partial charge in [-0.3, -0.25) is 4.57 Å². The number of aromatic nitrogens is 3. The SMILES string of the molecule is Nc1ccccc1-c1ccc(-n2cnnc2)cc1I. The maximum atomic E-state index is 6.03. The van der Waals surface area contributed by atoms with Crippen LogP contribution in [0.3, 0.4) is 0 Å². The van der Waals surface area contributed by atoms with E-state index in [0.717, 1.165) is 26.1 Å². The van der Waals surface area contributed by atoms with Crippen LogP contribution in [-0.2, 0) is 0 Å². The molecule has 94 valence electrons. The first-order valence-corrected chi connectivity index (χ1v) is 6.83. The van der Waals surface area contributed by atoms with Crippen molar-refractivity contribution >= 4 is 28.3 Å². The molecule has 0 saturated heterocycles. The number of nitrogens with zero attached hydrogens (tertiary/aromatic N) is 3. The van der Waals surface area contributed by atoms with E-state index in [4.69, 9.17) is 5.73 Å². The Balaban J connectivity index is 2.08. The molecule has 2 N–H and O–H groups in total. The molecule has 0 aliphatic carbocycles. The number of benzene rings is 2. The molecular weight excluding hydrogens is 351 g/mol. The van der Waals surface area contributed by atoms with E-state index >= 15 is 0 Å². The van der Waals surface area contributed by atoms with E-state index in [9.17, 15) is 0 Å². The summed E-state index contributed by atoms with van der Waals surface area (Å²) in [6.07, 6.45) is 3.37. The Morgan fingerprint density at radius 1 is 0.947 bits per heavy atom. The fourth-order valence-electron chi connectivity index (χ4n) is 1.96. The largest absolute Gasteiger partial charge is 0.398 e. The molecule has 0 atom stereocenters. The lowest BCUT2D eigenvalue weighted by molar-refractivity contribution is 1.05. The van der Waals surface area contributed by atoms with Gasteiger partial charge in [-0.2, -0.15) is 0 Å². The van der Waals surface area contributed by atoms with Crippen molar-refractivity contribution in [2.45, 2.75) is 0 Å². The number of hydrogen-bond acceptors (Lipinski definition) is 3. The number of nitrogens with two attached hydrogens (primary N) is 1. The third kappa shape index (κ3) is 2.33. The predicted molar refractivity (Wildman–Crippen MR) is 83.9 cm³/mol. The normalized spacial score (nSPS) is 10.6. The van der Waals surface area contributed by atoms with E-state index in [1.54, 1.807) is 12.7 Å². The topological polar surface area (TPSA) is 56.7 Å². The highest BCUT2D eigenvalue weighted by atomic mass is 127. The second-order valence-corrected chi connectivity index (χ2v) is 5.28. The van der Waals surface area contributed by atoms with Gasteiger partial charge in [0.05, 0.1) is 0 Å². The van der Waals surface area contributed by atoms with Gasteiger partial charge in [0, 0.05) is 20.5 Å². The lowest BCUT2D eigenvalue weighted by Crippen LogP contribution is -1.94. The Hall–Kier alpha value is -1.89. The molecule has 0 aliphatic heterocycles. The number of para-hydroxylation sites is 1. The van der Waals surface area contributed by atoms with Gasteiger partial charge in [-0.25, -0.2) is 0 Å². The van der Waals surface area contributed by atoms with Crippen molar-refractivity contribution in [2.75, 3.05) is 5.73 Å². The number of rotatable bonds is 2. The molecule has 3 aromatic rings. The fourth-order valence-corrected chi connectivity index (χ4v) is 2.75. The van der Waals surface area contributed by atoms with Gasteiger partial charge in [-0.15, -0.1) is 10.2 Å². The van der Waals surface area contributed by atoms with Crippen LogP contribution in [0, 0.1) is 3.57 Å². The predicted octanol–water partition coefficient (Wildman–Crippen LogP) is 3.12. The van der Waals surface area contributed by atoms with E-state index in [1.807, 2.05) is 34.9 Å². The summed E-state index contributed by atoms with van der Waals surface area (Å²) in [7, 11) is 0. The molecule has 0 amide bonds. The zero-order valence-electron chi connectivity index (χ0n) is 9.99. The van der Waals surface area contributed by atoms with Crippen molar-refractivity contribution in [1.29, 1.82) is 0 Å². The maximum absolute atomic E-state index is 6.03. The van der Waals surface area contributed by atoms with Gasteiger partial charge < -0.3 is 5.73 Å². The summed E-state index contributed by atoms with van der Waals surface area (Å²) in [5, 5.41) is 7.63. The Labute approximate surface area is 124 Å². The highest BCUT2D eigenvalue weighted by Crippen LogP contribution is 2.30. The highest BCUT2D eigenvalue weighted by molar-refractivity contribution is 14.1. The molecular formula is C14H11IN4. The Bertz CT molecular complexity index is 707. The summed E-state index contributed by atoms with van der Waals surface area (Å²) in [4.78, 5) is 0. The van der Waals surface area contributed by atoms with Crippen LogP contribution in [0.15, 0.2) is 55.1 Å². The average molecular weight is 362 g/mol. The van der Waals surface area contributed by atoms with Gasteiger partial charge in [0.15, 0.2) is 0 Å². The van der Waals surface area contributed by atoms with E-state index in [1.165, 1.54) is 0 Å². The molecule has 0 bridgehead atoms. The number of anilines is 1. The van der Waals surface area contributed by atoms with Crippen LogP contribution in [0.5, 0.6) is 0 Å². The monoisotopic (exact) mass is 362 g/mol. The number of hydrogen-bond donors (Lipinski definition) is 1. The van der Waals surface area contributed by atoms with Crippen molar-refractivity contribution in [1.82, 2.24) is 14.8 Å². The molecule has 0 aliphatic rings. The second kappa shape index (κ2) is 5.00. The molecule has 19 heavy (non-hydrogen) atoms. The van der Waals surface area contributed by atoms with Crippen LogP contribution in [0.25, 0.3) is 16.8 Å². The lowest BCUT2D eigenvalue weighted by atomic mass is 10.0. The van der Waals surface area contributed by atoms with Gasteiger partial charge >= 0.3 is 0 Å². The van der Waals surface area contributed by atoms with Crippen LogP contribution in [0.1, 0.15) is 0 Å². The average Bonchev–Trinajstić information content (AvgIpc) is 2.94. The highest BCUT2D eigenvalue weighted by Gasteiger charge is 2.07. The van der Waals surface area contributed by atoms with Crippen LogP contribution in [0.4, 0.5) is 5.69 Å². The molecule has 0 radical (unpaired) electrons. The number of nitrogen functional groups attached to an aromatic ring is 1. The molecule has 2 aromatic carbocycles. The van der Waals surface area contributed by atoms with E-state index < -0.39 is 0 Å². The molecule has 1 heterocycles. The Kier molecular flexibility index (Phi) is 3.20. The molecule has 0 unspecified atom stereocenters. The molecule has 4 nitrogen and oxygen atoms in total. The van der Waals surface area contributed by atoms with Crippen LogP contribution < -0.4 is 5.73 Å². The minimum absolute atomic E-state index is 0.789. The van der Waals surface area contributed by atoms with Crippen LogP contribution >= 0.6 is 22.6 Å². The zero-order valence-corrected chi connectivity index (χ0v) is 12.2. The van der Waals surface area contributed by atoms with Crippen LogP contribution in [-0.4, -0.2) is 14.8 Å². The van der Waals surface area contributed by atoms with Gasteiger partial charge in [0.2, 0.25) is 0 Å². The van der Waals surface area contributed by atoms with Gasteiger partial charge in [0.1, 0.15) is 12.7 Å². The van der Waals surface area contributed by atoms with E-state index in [0.29, 0.717) is 0 Å². The van der Waals surface area contributed by atoms with Crippen molar-refractivity contribution < 1.29 is 0 Å². The summed E-state index contributed by atoms with van der Waals surface area (Å²) in [5.74, 6) is 0. The standard InChI is InChI=1S/C14H11IN4/c15-13-7-10(19-8-17-18-9-19)5-6-11(13)12-3-1-2-4-14(12)16/h1-9H,16H2. The third-order valence-corrected chi connectivity index (χ3v) is 3.81. The second-order valence-electron chi connectivity index (χ2n) is 4.12. The summed E-state index contributed by atoms with van der Waals surface area (Å²) >= 11 is 2.32. The van der Waals surface area contributed by atoms with Crippen molar-refractivity contribution in [3.8, 4) is 16.8 Å². The molecule has 0 spiro atoms. The summed E-state index contributed by atoms with van der Waals surface area (Å²) in [5.41, 5.74) is 10.0. The molecule has 0 fully saturated rings. The molecule has 1 aromatic heterocycles. The quantitative estimate of drug-likeness (QED) is 0.563. The number of halogens is 1. The summed E-state index contributed by atoms with van der Waals surface area (Å²) in [6, 6.07) is 14.1. The van der Waals surface area contributed by atoms with Crippen molar-refractivity contribution in [3.63, 3.8) is 0 Å². The van der Waals surface area contributed by atoms with Gasteiger partial charge in [-0.1, -0.05) is 24.3 Å². The Morgan fingerprint density at radius 2 is 1.68 bits per heavy atom. The van der Waals surface area contributed by atoms with E-state index in [2.05, 4.69) is 44.9 Å². The first-order valence-electron chi connectivity index (χ1n) is 5.75. The maximum Gasteiger partial charge on any atom is 0.123 e. The van der Waals surface area contributed by atoms with Crippen molar-refractivity contribution in [3.05, 3.63) is 58.7 Å². The summed E-state index contributed by atoms with van der Waals surface area (Å²) in [6.45, 7) is 0. The first kappa shape index (κ1) is 12.2. The summed E-state index contributed by atoms with van der Waals surface area (Å²) < 4.78 is 3.02. The fraction of sp³-hybridized carbons (Fsp3) is 0. The van der Waals surface area contributed by atoms with Crippen molar-refractivity contribution in [2.24, 2.45) is 0 Å². The lowest BCUT2D eigenvalue weighted by Gasteiger charge is -2.10. The first-order chi connectivity index (χ1) is 9.25. The third-order valence-electron chi connectivity index (χ3n) is 2.92. The minimum atomic E-state index is 0.789. The molecule has 0 saturated carbocycles.